The lowest BCUT2D eigenvalue weighted by Crippen LogP contribution is -2.61. The molecule has 3 nitrogen and oxygen atoms in total. The van der Waals surface area contributed by atoms with Gasteiger partial charge in [-0.05, 0) is 52.5 Å². The van der Waals surface area contributed by atoms with Crippen LogP contribution in [-0.4, -0.2) is 53.6 Å². The number of nitrogens with two attached hydrogens (primary N) is 1. The van der Waals surface area contributed by atoms with Crippen LogP contribution in [0.1, 0.15) is 47.0 Å². The molecule has 0 amide bonds. The van der Waals surface area contributed by atoms with E-state index in [0.29, 0.717) is 12.1 Å². The zero-order valence-electron chi connectivity index (χ0n) is 12.7. The molecular weight excluding hydrogens is 222 g/mol. The van der Waals surface area contributed by atoms with Gasteiger partial charge in [-0.25, -0.2) is 0 Å². The van der Waals surface area contributed by atoms with Crippen LogP contribution < -0.4 is 5.73 Å². The van der Waals surface area contributed by atoms with Crippen LogP contribution in [0.5, 0.6) is 0 Å². The molecule has 2 aliphatic rings. The molecule has 106 valence electrons. The average Bonchev–Trinajstić information content (AvgIpc) is 2.78. The second kappa shape index (κ2) is 5.48. The lowest BCUT2D eigenvalue weighted by Gasteiger charge is -2.49. The summed E-state index contributed by atoms with van der Waals surface area (Å²) in [6.07, 6.45) is 3.97. The minimum absolute atomic E-state index is 0.248. The van der Waals surface area contributed by atoms with Gasteiger partial charge in [-0.15, -0.1) is 0 Å². The van der Waals surface area contributed by atoms with Crippen molar-refractivity contribution in [2.24, 2.45) is 11.7 Å². The molecule has 2 heterocycles. The summed E-state index contributed by atoms with van der Waals surface area (Å²) in [5.41, 5.74) is 6.45. The fraction of sp³-hybridized carbons (Fsp3) is 1.00. The van der Waals surface area contributed by atoms with Crippen LogP contribution in [0.4, 0.5) is 0 Å². The largest absolute Gasteiger partial charge is 0.329 e. The van der Waals surface area contributed by atoms with Crippen molar-refractivity contribution in [3.63, 3.8) is 0 Å². The Morgan fingerprint density at radius 1 is 1.28 bits per heavy atom. The van der Waals surface area contributed by atoms with Gasteiger partial charge in [0.1, 0.15) is 0 Å². The summed E-state index contributed by atoms with van der Waals surface area (Å²) in [4.78, 5) is 5.34. The van der Waals surface area contributed by atoms with E-state index in [9.17, 15) is 0 Å². The average molecular weight is 253 g/mol. The van der Waals surface area contributed by atoms with Crippen LogP contribution in [0.25, 0.3) is 0 Å². The van der Waals surface area contributed by atoms with Gasteiger partial charge in [-0.3, -0.25) is 9.80 Å². The maximum atomic E-state index is 6.20. The molecule has 0 bridgehead atoms. The van der Waals surface area contributed by atoms with E-state index in [2.05, 4.69) is 37.5 Å². The van der Waals surface area contributed by atoms with Crippen molar-refractivity contribution in [1.82, 2.24) is 9.80 Å². The molecular formula is C15H31N3. The van der Waals surface area contributed by atoms with Crippen molar-refractivity contribution in [2.75, 3.05) is 26.2 Å². The maximum Gasteiger partial charge on any atom is 0.0473 e. The normalized spacial score (nSPS) is 39.7. The molecule has 2 rings (SSSR count). The molecule has 3 heteroatoms. The standard InChI is InChI=1S/C15H31N3/c1-12(2)17-9-7-15(10-16,11-17)18-8-5-6-13(3)14(18)4/h12-14H,5-11,16H2,1-4H3. The Morgan fingerprint density at radius 2 is 2.00 bits per heavy atom. The molecule has 2 saturated heterocycles. The highest BCUT2D eigenvalue weighted by Gasteiger charge is 2.45. The number of rotatable bonds is 3. The molecule has 0 aromatic heterocycles. The Bertz CT molecular complexity index is 279. The Kier molecular flexibility index (Phi) is 4.35. The number of likely N-dealkylation sites (tertiary alicyclic amines) is 2. The molecule has 2 aliphatic heterocycles. The van der Waals surface area contributed by atoms with Gasteiger partial charge in [0.25, 0.3) is 0 Å². The van der Waals surface area contributed by atoms with E-state index in [1.165, 1.54) is 32.4 Å². The SMILES string of the molecule is CC1CCCN(C2(CN)CCN(C(C)C)C2)C1C. The molecule has 0 aliphatic carbocycles. The third-order valence-electron chi connectivity index (χ3n) is 5.45. The first-order valence-electron chi connectivity index (χ1n) is 7.71. The van der Waals surface area contributed by atoms with Gasteiger partial charge in [0.15, 0.2) is 0 Å². The number of hydrogen-bond acceptors (Lipinski definition) is 3. The van der Waals surface area contributed by atoms with Crippen molar-refractivity contribution in [3.8, 4) is 0 Å². The van der Waals surface area contributed by atoms with Crippen LogP contribution in [0, 0.1) is 5.92 Å². The van der Waals surface area contributed by atoms with E-state index in [1.807, 2.05) is 0 Å². The number of hydrogen-bond donors (Lipinski definition) is 1. The first-order valence-corrected chi connectivity index (χ1v) is 7.71. The van der Waals surface area contributed by atoms with Crippen molar-refractivity contribution >= 4 is 0 Å². The molecule has 2 N–H and O–H groups in total. The van der Waals surface area contributed by atoms with Crippen molar-refractivity contribution in [1.29, 1.82) is 0 Å². The Morgan fingerprint density at radius 3 is 2.56 bits per heavy atom. The summed E-state index contributed by atoms with van der Waals surface area (Å²) < 4.78 is 0. The summed E-state index contributed by atoms with van der Waals surface area (Å²) >= 11 is 0. The van der Waals surface area contributed by atoms with Crippen LogP contribution >= 0.6 is 0 Å². The van der Waals surface area contributed by atoms with E-state index in [1.54, 1.807) is 0 Å². The Hall–Kier alpha value is -0.120. The molecule has 0 radical (unpaired) electrons. The second-order valence-electron chi connectivity index (χ2n) is 6.80. The molecule has 3 atom stereocenters. The monoisotopic (exact) mass is 253 g/mol. The maximum absolute atomic E-state index is 6.20. The van der Waals surface area contributed by atoms with Crippen molar-refractivity contribution < 1.29 is 0 Å². The highest BCUT2D eigenvalue weighted by Crippen LogP contribution is 2.35. The summed E-state index contributed by atoms with van der Waals surface area (Å²) in [5, 5.41) is 0. The second-order valence-corrected chi connectivity index (χ2v) is 6.80. The molecule has 2 fully saturated rings. The van der Waals surface area contributed by atoms with Gasteiger partial charge in [-0.1, -0.05) is 6.92 Å². The van der Waals surface area contributed by atoms with Crippen LogP contribution in [0.2, 0.25) is 0 Å². The Labute approximate surface area is 113 Å². The van der Waals surface area contributed by atoms with Gasteiger partial charge in [0.05, 0.1) is 0 Å². The quantitative estimate of drug-likeness (QED) is 0.834. The van der Waals surface area contributed by atoms with Crippen LogP contribution in [0.15, 0.2) is 0 Å². The number of nitrogens with zero attached hydrogens (tertiary/aromatic N) is 2. The molecule has 0 spiro atoms. The first-order chi connectivity index (χ1) is 8.50. The molecule has 18 heavy (non-hydrogen) atoms. The highest BCUT2D eigenvalue weighted by atomic mass is 15.3. The summed E-state index contributed by atoms with van der Waals surface area (Å²) in [7, 11) is 0. The van der Waals surface area contributed by atoms with Gasteiger partial charge in [0, 0.05) is 37.3 Å². The van der Waals surface area contributed by atoms with Gasteiger partial charge in [-0.2, -0.15) is 0 Å². The first kappa shape index (κ1) is 14.3. The Balaban J connectivity index is 2.13. The minimum atomic E-state index is 0.248. The van der Waals surface area contributed by atoms with Crippen LogP contribution in [-0.2, 0) is 0 Å². The van der Waals surface area contributed by atoms with Crippen LogP contribution in [0.3, 0.4) is 0 Å². The number of piperidine rings is 1. The molecule has 3 unspecified atom stereocenters. The minimum Gasteiger partial charge on any atom is -0.329 e. The van der Waals surface area contributed by atoms with E-state index in [-0.39, 0.29) is 5.54 Å². The van der Waals surface area contributed by atoms with Gasteiger partial charge < -0.3 is 5.73 Å². The van der Waals surface area contributed by atoms with E-state index >= 15 is 0 Å². The molecule has 0 aromatic rings. The predicted octanol–water partition coefficient (Wildman–Crippen LogP) is 1.92. The predicted molar refractivity (Wildman–Crippen MR) is 77.7 cm³/mol. The van der Waals surface area contributed by atoms with E-state index in [4.69, 9.17) is 5.73 Å². The third-order valence-corrected chi connectivity index (χ3v) is 5.45. The topological polar surface area (TPSA) is 32.5 Å². The zero-order chi connectivity index (χ0) is 13.3. The summed E-state index contributed by atoms with van der Waals surface area (Å²) in [6, 6.07) is 1.34. The molecule has 0 saturated carbocycles. The summed E-state index contributed by atoms with van der Waals surface area (Å²) in [5.74, 6) is 0.815. The van der Waals surface area contributed by atoms with Crippen molar-refractivity contribution in [2.45, 2.75) is 64.6 Å². The van der Waals surface area contributed by atoms with E-state index in [0.717, 1.165) is 19.0 Å². The van der Waals surface area contributed by atoms with Gasteiger partial charge in [0.2, 0.25) is 0 Å². The zero-order valence-corrected chi connectivity index (χ0v) is 12.7. The third kappa shape index (κ3) is 2.45. The van der Waals surface area contributed by atoms with Crippen molar-refractivity contribution in [3.05, 3.63) is 0 Å². The lowest BCUT2D eigenvalue weighted by atomic mass is 9.85. The fourth-order valence-electron chi connectivity index (χ4n) is 3.85. The fourth-order valence-corrected chi connectivity index (χ4v) is 3.85. The van der Waals surface area contributed by atoms with E-state index < -0.39 is 0 Å². The van der Waals surface area contributed by atoms with Gasteiger partial charge >= 0.3 is 0 Å². The lowest BCUT2D eigenvalue weighted by molar-refractivity contribution is 0.00781. The highest BCUT2D eigenvalue weighted by molar-refractivity contribution is 5.03. The summed E-state index contributed by atoms with van der Waals surface area (Å²) in [6.45, 7) is 13.8. The molecule has 0 aromatic carbocycles. The smallest absolute Gasteiger partial charge is 0.0473 e.